The SMILES string of the molecule is CCC(C)(CC(C)(C)C(=O)OC1CC2CC1C1CCCC21)C(=O)OC1CC2CC1C1C3CC(CC3C(=O)O)C21. The zero-order chi connectivity index (χ0) is 27.4. The van der Waals surface area contributed by atoms with Gasteiger partial charge in [0.1, 0.15) is 12.2 Å². The Hall–Kier alpha value is -1.59. The number of carboxylic acids is 1. The topological polar surface area (TPSA) is 89.9 Å². The lowest BCUT2D eigenvalue weighted by Crippen LogP contribution is -2.44. The number of ether oxygens (including phenoxy) is 2. The van der Waals surface area contributed by atoms with E-state index in [1.807, 2.05) is 27.7 Å². The fourth-order valence-corrected chi connectivity index (χ4v) is 12.1. The summed E-state index contributed by atoms with van der Waals surface area (Å²) in [6.45, 7) is 7.85. The zero-order valence-electron chi connectivity index (χ0n) is 24.3. The average Bonchev–Trinajstić information content (AvgIpc) is 3.71. The molecule has 39 heavy (non-hydrogen) atoms. The summed E-state index contributed by atoms with van der Waals surface area (Å²) in [5.41, 5.74) is -1.52. The van der Waals surface area contributed by atoms with E-state index < -0.39 is 16.8 Å². The summed E-state index contributed by atoms with van der Waals surface area (Å²) < 4.78 is 12.5. The molecular weight excluding hydrogens is 492 g/mol. The third kappa shape index (κ3) is 3.88. The highest BCUT2D eigenvalue weighted by Gasteiger charge is 2.66. The van der Waals surface area contributed by atoms with Gasteiger partial charge in [-0.15, -0.1) is 0 Å². The number of hydrogen-bond donors (Lipinski definition) is 1. The van der Waals surface area contributed by atoms with Crippen LogP contribution in [0.1, 0.15) is 98.3 Å². The molecule has 7 fully saturated rings. The van der Waals surface area contributed by atoms with Crippen molar-refractivity contribution in [3.63, 3.8) is 0 Å². The predicted molar refractivity (Wildman–Crippen MR) is 144 cm³/mol. The van der Waals surface area contributed by atoms with E-state index in [4.69, 9.17) is 9.47 Å². The van der Waals surface area contributed by atoms with Crippen molar-refractivity contribution in [2.75, 3.05) is 0 Å². The van der Waals surface area contributed by atoms with Crippen molar-refractivity contribution in [3.05, 3.63) is 0 Å². The molecule has 7 rings (SSSR count). The number of carbonyl (C=O) groups is 3. The second-order valence-corrected chi connectivity index (χ2v) is 15.9. The van der Waals surface area contributed by atoms with E-state index in [0.717, 1.165) is 49.9 Å². The Balaban J connectivity index is 0.988. The Labute approximate surface area is 233 Å². The van der Waals surface area contributed by atoms with Crippen LogP contribution in [0.15, 0.2) is 0 Å². The summed E-state index contributed by atoms with van der Waals surface area (Å²) in [6, 6.07) is 0. The van der Waals surface area contributed by atoms with E-state index in [1.165, 1.54) is 25.7 Å². The Morgan fingerprint density at radius 1 is 0.718 bits per heavy atom. The van der Waals surface area contributed by atoms with E-state index in [2.05, 4.69) is 0 Å². The minimum Gasteiger partial charge on any atom is -0.481 e. The molecule has 0 heterocycles. The second-order valence-electron chi connectivity index (χ2n) is 15.9. The highest BCUT2D eigenvalue weighted by atomic mass is 16.6. The Kier molecular flexibility index (Phi) is 6.04. The normalized spacial score (nSPS) is 48.2. The maximum absolute atomic E-state index is 13.8. The summed E-state index contributed by atoms with van der Waals surface area (Å²) in [7, 11) is 0. The molecule has 6 bridgehead atoms. The molecule has 216 valence electrons. The monoisotopic (exact) mass is 540 g/mol. The quantitative estimate of drug-likeness (QED) is 0.295. The van der Waals surface area contributed by atoms with Gasteiger partial charge in [-0.3, -0.25) is 14.4 Å². The largest absolute Gasteiger partial charge is 0.481 e. The van der Waals surface area contributed by atoms with Gasteiger partial charge in [-0.05, 0) is 144 Å². The van der Waals surface area contributed by atoms with Crippen LogP contribution in [0.3, 0.4) is 0 Å². The lowest BCUT2D eigenvalue weighted by molar-refractivity contribution is -0.174. The Morgan fingerprint density at radius 3 is 2.08 bits per heavy atom. The van der Waals surface area contributed by atoms with Crippen molar-refractivity contribution in [2.24, 2.45) is 75.9 Å². The van der Waals surface area contributed by atoms with E-state index in [-0.39, 0.29) is 36.0 Å². The van der Waals surface area contributed by atoms with Gasteiger partial charge in [-0.25, -0.2) is 0 Å². The van der Waals surface area contributed by atoms with Crippen LogP contribution in [-0.4, -0.2) is 35.2 Å². The molecule has 0 saturated heterocycles. The molecule has 7 saturated carbocycles. The van der Waals surface area contributed by atoms with Crippen LogP contribution in [0.4, 0.5) is 0 Å². The van der Waals surface area contributed by atoms with E-state index in [0.29, 0.717) is 48.3 Å². The van der Waals surface area contributed by atoms with Crippen molar-refractivity contribution in [2.45, 2.75) is 111 Å². The summed E-state index contributed by atoms with van der Waals surface area (Å²) in [4.78, 5) is 39.1. The molecule has 0 aromatic carbocycles. The first-order valence-corrected chi connectivity index (χ1v) is 16.2. The summed E-state index contributed by atoms with van der Waals surface area (Å²) in [5.74, 6) is 4.42. The van der Waals surface area contributed by atoms with Crippen molar-refractivity contribution < 1.29 is 29.0 Å². The highest BCUT2D eigenvalue weighted by molar-refractivity contribution is 5.80. The van der Waals surface area contributed by atoms with Gasteiger partial charge in [-0.2, -0.15) is 0 Å². The van der Waals surface area contributed by atoms with Gasteiger partial charge in [0.2, 0.25) is 0 Å². The summed E-state index contributed by atoms with van der Waals surface area (Å²) in [5, 5.41) is 9.77. The number of esters is 2. The number of carboxylic acid groups (broad SMARTS) is 1. The molecule has 1 N–H and O–H groups in total. The standard InChI is InChI=1S/C33H48O6/c1-5-33(4,15-32(2,3)30(36)38-25-13-16-9-21(25)20-8-6-7-19(16)20)31(37)39-26-14-18-12-24(26)28-22-10-17(27(18)28)11-23(22)29(34)35/h16-28H,5-15H2,1-4H3,(H,34,35). The van der Waals surface area contributed by atoms with Crippen LogP contribution in [0.5, 0.6) is 0 Å². The lowest BCUT2D eigenvalue weighted by atomic mass is 9.66. The van der Waals surface area contributed by atoms with E-state index in [9.17, 15) is 19.5 Å². The van der Waals surface area contributed by atoms with Crippen molar-refractivity contribution in [1.29, 1.82) is 0 Å². The summed E-state index contributed by atoms with van der Waals surface area (Å²) >= 11 is 0. The molecule has 14 unspecified atom stereocenters. The van der Waals surface area contributed by atoms with Gasteiger partial charge in [0, 0.05) is 0 Å². The van der Waals surface area contributed by atoms with Crippen LogP contribution in [0.2, 0.25) is 0 Å². The number of rotatable bonds is 8. The third-order valence-corrected chi connectivity index (χ3v) is 13.6. The molecule has 6 nitrogen and oxygen atoms in total. The Morgan fingerprint density at radius 2 is 1.33 bits per heavy atom. The molecule has 6 heteroatoms. The van der Waals surface area contributed by atoms with Gasteiger partial charge in [0.15, 0.2) is 0 Å². The average molecular weight is 541 g/mol. The summed E-state index contributed by atoms with van der Waals surface area (Å²) in [6.07, 6.45) is 11.1. The smallest absolute Gasteiger partial charge is 0.312 e. The van der Waals surface area contributed by atoms with E-state index >= 15 is 0 Å². The first kappa shape index (κ1) is 26.3. The number of aliphatic carboxylic acids is 1. The lowest BCUT2D eigenvalue weighted by Gasteiger charge is -2.41. The van der Waals surface area contributed by atoms with Crippen molar-refractivity contribution in [1.82, 2.24) is 0 Å². The van der Waals surface area contributed by atoms with Gasteiger partial charge >= 0.3 is 17.9 Å². The molecule has 0 aliphatic heterocycles. The van der Waals surface area contributed by atoms with Gasteiger partial charge in [-0.1, -0.05) is 13.3 Å². The highest BCUT2D eigenvalue weighted by Crippen LogP contribution is 2.69. The van der Waals surface area contributed by atoms with Crippen LogP contribution in [0.25, 0.3) is 0 Å². The maximum atomic E-state index is 13.8. The fourth-order valence-electron chi connectivity index (χ4n) is 12.1. The van der Waals surface area contributed by atoms with Crippen LogP contribution in [0, 0.1) is 75.9 Å². The van der Waals surface area contributed by atoms with Crippen LogP contribution in [-0.2, 0) is 23.9 Å². The molecule has 0 spiro atoms. The van der Waals surface area contributed by atoms with Crippen molar-refractivity contribution >= 4 is 17.9 Å². The first-order valence-electron chi connectivity index (χ1n) is 16.2. The molecular formula is C33H48O6. The Bertz CT molecular complexity index is 1050. The molecule has 0 aromatic heterocycles. The number of carbonyl (C=O) groups excluding carboxylic acids is 2. The van der Waals surface area contributed by atoms with Gasteiger partial charge in [0.05, 0.1) is 16.7 Å². The molecule has 7 aliphatic rings. The molecule has 14 atom stereocenters. The fraction of sp³-hybridized carbons (Fsp3) is 0.909. The molecule has 0 aromatic rings. The number of hydrogen-bond acceptors (Lipinski definition) is 5. The molecule has 0 amide bonds. The minimum atomic E-state index is -0.764. The number of fused-ring (bicyclic) bond motifs is 14. The molecule has 7 aliphatic carbocycles. The van der Waals surface area contributed by atoms with Crippen molar-refractivity contribution in [3.8, 4) is 0 Å². The van der Waals surface area contributed by atoms with E-state index in [1.54, 1.807) is 0 Å². The predicted octanol–water partition coefficient (Wildman–Crippen LogP) is 6.11. The zero-order valence-corrected chi connectivity index (χ0v) is 24.3. The maximum Gasteiger partial charge on any atom is 0.312 e. The first-order chi connectivity index (χ1) is 18.5. The van der Waals surface area contributed by atoms with Crippen LogP contribution < -0.4 is 0 Å². The third-order valence-electron chi connectivity index (χ3n) is 13.6. The van der Waals surface area contributed by atoms with Crippen LogP contribution >= 0.6 is 0 Å². The minimum absolute atomic E-state index is 0.0549. The van der Waals surface area contributed by atoms with Gasteiger partial charge < -0.3 is 14.6 Å². The second kappa shape index (κ2) is 8.95. The molecule has 0 radical (unpaired) electrons. The van der Waals surface area contributed by atoms with Gasteiger partial charge in [0.25, 0.3) is 0 Å².